The van der Waals surface area contributed by atoms with Gasteiger partial charge in [-0.05, 0) is 38.1 Å². The first-order valence-corrected chi connectivity index (χ1v) is 9.05. The molecule has 2 aliphatic carbocycles. The molecule has 2 fully saturated rings. The summed E-state index contributed by atoms with van der Waals surface area (Å²) in [4.78, 5) is 2.71. The lowest BCUT2D eigenvalue weighted by Gasteiger charge is -2.43. The second kappa shape index (κ2) is 7.79. The molecule has 118 valence electrons. The van der Waals surface area contributed by atoms with Crippen molar-refractivity contribution >= 4 is 0 Å². The molecule has 0 amide bonds. The SMILES string of the molecule is CC(C)NCC1(CN(C)C2CCCCC2)CCCCC1. The molecule has 2 aliphatic rings. The Balaban J connectivity index is 1.91. The van der Waals surface area contributed by atoms with Crippen LogP contribution < -0.4 is 5.32 Å². The minimum Gasteiger partial charge on any atom is -0.314 e. The van der Waals surface area contributed by atoms with Crippen LogP contribution in [0.3, 0.4) is 0 Å². The van der Waals surface area contributed by atoms with Crippen LogP contribution in [0, 0.1) is 5.41 Å². The normalized spacial score (nSPS) is 24.4. The third-order valence-electron chi connectivity index (χ3n) is 5.58. The molecule has 0 aromatic heterocycles. The zero-order valence-corrected chi connectivity index (χ0v) is 14.1. The van der Waals surface area contributed by atoms with Gasteiger partial charge in [0.1, 0.15) is 0 Å². The average molecular weight is 280 g/mol. The van der Waals surface area contributed by atoms with E-state index in [0.717, 1.165) is 6.04 Å². The molecular weight excluding hydrogens is 244 g/mol. The monoisotopic (exact) mass is 280 g/mol. The second-order valence-corrected chi connectivity index (χ2v) is 7.80. The number of hydrogen-bond acceptors (Lipinski definition) is 2. The van der Waals surface area contributed by atoms with Crippen LogP contribution in [-0.2, 0) is 0 Å². The Hall–Kier alpha value is -0.0800. The van der Waals surface area contributed by atoms with Crippen molar-refractivity contribution in [3.8, 4) is 0 Å². The van der Waals surface area contributed by atoms with Crippen LogP contribution in [0.15, 0.2) is 0 Å². The van der Waals surface area contributed by atoms with E-state index >= 15 is 0 Å². The first-order valence-electron chi connectivity index (χ1n) is 9.05. The highest BCUT2D eigenvalue weighted by atomic mass is 15.1. The van der Waals surface area contributed by atoms with Crippen molar-refractivity contribution in [1.29, 1.82) is 0 Å². The summed E-state index contributed by atoms with van der Waals surface area (Å²) in [6.45, 7) is 7.10. The Labute approximate surface area is 126 Å². The average Bonchev–Trinajstić information content (AvgIpc) is 2.47. The van der Waals surface area contributed by atoms with Gasteiger partial charge in [0.2, 0.25) is 0 Å². The zero-order chi connectivity index (χ0) is 14.4. The van der Waals surface area contributed by atoms with E-state index < -0.39 is 0 Å². The summed E-state index contributed by atoms with van der Waals surface area (Å²) in [5.41, 5.74) is 0.550. The molecule has 0 bridgehead atoms. The number of hydrogen-bond donors (Lipinski definition) is 1. The van der Waals surface area contributed by atoms with Gasteiger partial charge in [0.15, 0.2) is 0 Å². The number of rotatable bonds is 6. The minimum absolute atomic E-state index is 0.550. The van der Waals surface area contributed by atoms with Gasteiger partial charge >= 0.3 is 0 Å². The van der Waals surface area contributed by atoms with Crippen molar-refractivity contribution in [3.05, 3.63) is 0 Å². The molecule has 0 aromatic carbocycles. The summed E-state index contributed by atoms with van der Waals surface area (Å²) < 4.78 is 0. The molecule has 20 heavy (non-hydrogen) atoms. The molecule has 2 heteroatoms. The Morgan fingerprint density at radius 2 is 1.60 bits per heavy atom. The summed E-state index contributed by atoms with van der Waals surface area (Å²) in [6, 6.07) is 1.48. The van der Waals surface area contributed by atoms with Gasteiger partial charge < -0.3 is 10.2 Å². The molecule has 0 aromatic rings. The van der Waals surface area contributed by atoms with Crippen molar-refractivity contribution in [2.75, 3.05) is 20.1 Å². The summed E-state index contributed by atoms with van der Waals surface area (Å²) in [5.74, 6) is 0. The van der Waals surface area contributed by atoms with Crippen molar-refractivity contribution in [1.82, 2.24) is 10.2 Å². The Kier molecular flexibility index (Phi) is 6.35. The summed E-state index contributed by atoms with van der Waals surface area (Å²) in [5, 5.41) is 3.74. The molecule has 2 rings (SSSR count). The maximum absolute atomic E-state index is 3.74. The molecule has 0 unspecified atom stereocenters. The molecule has 0 aliphatic heterocycles. The van der Waals surface area contributed by atoms with Crippen molar-refractivity contribution in [2.24, 2.45) is 5.41 Å². The summed E-state index contributed by atoms with van der Waals surface area (Å²) in [7, 11) is 2.39. The fourth-order valence-corrected chi connectivity index (χ4v) is 4.29. The predicted octanol–water partition coefficient (Wildman–Crippen LogP) is 4.20. The second-order valence-electron chi connectivity index (χ2n) is 7.80. The van der Waals surface area contributed by atoms with E-state index in [1.54, 1.807) is 0 Å². The van der Waals surface area contributed by atoms with Gasteiger partial charge in [-0.25, -0.2) is 0 Å². The van der Waals surface area contributed by atoms with E-state index in [4.69, 9.17) is 0 Å². The Morgan fingerprint density at radius 1 is 1.00 bits per heavy atom. The van der Waals surface area contributed by atoms with E-state index in [1.165, 1.54) is 77.3 Å². The van der Waals surface area contributed by atoms with Crippen LogP contribution in [0.2, 0.25) is 0 Å². The van der Waals surface area contributed by atoms with Gasteiger partial charge in [-0.15, -0.1) is 0 Å². The van der Waals surface area contributed by atoms with Gasteiger partial charge in [0.05, 0.1) is 0 Å². The highest BCUT2D eigenvalue weighted by Gasteiger charge is 2.34. The van der Waals surface area contributed by atoms with Gasteiger partial charge in [-0.3, -0.25) is 0 Å². The molecule has 0 radical (unpaired) electrons. The maximum atomic E-state index is 3.74. The predicted molar refractivity (Wildman–Crippen MR) is 88.2 cm³/mol. The van der Waals surface area contributed by atoms with Crippen LogP contribution >= 0.6 is 0 Å². The van der Waals surface area contributed by atoms with Crippen molar-refractivity contribution in [3.63, 3.8) is 0 Å². The fraction of sp³-hybridized carbons (Fsp3) is 1.00. The molecule has 0 spiro atoms. The van der Waals surface area contributed by atoms with E-state index in [2.05, 4.69) is 31.1 Å². The smallest absolute Gasteiger partial charge is 0.00924 e. The number of nitrogens with zero attached hydrogens (tertiary/aromatic N) is 1. The quantitative estimate of drug-likeness (QED) is 0.784. The lowest BCUT2D eigenvalue weighted by molar-refractivity contribution is 0.0782. The molecule has 0 saturated heterocycles. The Bertz CT molecular complexity index is 263. The zero-order valence-electron chi connectivity index (χ0n) is 14.1. The fourth-order valence-electron chi connectivity index (χ4n) is 4.29. The van der Waals surface area contributed by atoms with Gasteiger partial charge in [0, 0.05) is 25.2 Å². The third kappa shape index (κ3) is 4.73. The first-order chi connectivity index (χ1) is 9.61. The van der Waals surface area contributed by atoms with Crippen LogP contribution in [0.1, 0.15) is 78.1 Å². The lowest BCUT2D eigenvalue weighted by atomic mass is 9.73. The summed E-state index contributed by atoms with van der Waals surface area (Å²) in [6.07, 6.45) is 14.4. The molecule has 2 saturated carbocycles. The van der Waals surface area contributed by atoms with E-state index in [9.17, 15) is 0 Å². The van der Waals surface area contributed by atoms with Crippen LogP contribution in [0.5, 0.6) is 0 Å². The van der Waals surface area contributed by atoms with Crippen LogP contribution in [0.4, 0.5) is 0 Å². The standard InChI is InChI=1S/C18H36N2/c1-16(2)19-14-18(12-8-5-9-13-18)15-20(3)17-10-6-4-7-11-17/h16-17,19H,4-15H2,1-3H3. The van der Waals surface area contributed by atoms with Gasteiger partial charge in [0.25, 0.3) is 0 Å². The van der Waals surface area contributed by atoms with Crippen molar-refractivity contribution < 1.29 is 0 Å². The molecule has 1 N–H and O–H groups in total. The van der Waals surface area contributed by atoms with Gasteiger partial charge in [-0.1, -0.05) is 52.4 Å². The molecule has 0 heterocycles. The Morgan fingerprint density at radius 3 is 2.20 bits per heavy atom. The van der Waals surface area contributed by atoms with Crippen LogP contribution in [-0.4, -0.2) is 37.1 Å². The highest BCUT2D eigenvalue weighted by molar-refractivity contribution is 4.89. The lowest BCUT2D eigenvalue weighted by Crippen LogP contribution is -2.48. The van der Waals surface area contributed by atoms with E-state index in [-0.39, 0.29) is 0 Å². The van der Waals surface area contributed by atoms with Crippen molar-refractivity contribution in [2.45, 2.75) is 90.1 Å². The van der Waals surface area contributed by atoms with E-state index in [0.29, 0.717) is 11.5 Å². The molecule has 0 atom stereocenters. The molecule has 2 nitrogen and oxygen atoms in total. The highest BCUT2D eigenvalue weighted by Crippen LogP contribution is 2.37. The number of nitrogens with one attached hydrogen (secondary N) is 1. The topological polar surface area (TPSA) is 15.3 Å². The largest absolute Gasteiger partial charge is 0.314 e. The third-order valence-corrected chi connectivity index (χ3v) is 5.58. The minimum atomic E-state index is 0.550. The summed E-state index contributed by atoms with van der Waals surface area (Å²) >= 11 is 0. The van der Waals surface area contributed by atoms with Crippen LogP contribution in [0.25, 0.3) is 0 Å². The first kappa shape index (κ1) is 16.3. The van der Waals surface area contributed by atoms with Gasteiger partial charge in [-0.2, -0.15) is 0 Å². The molecular formula is C18H36N2. The van der Waals surface area contributed by atoms with E-state index in [1.807, 2.05) is 0 Å². The maximum Gasteiger partial charge on any atom is 0.00924 e.